The van der Waals surface area contributed by atoms with Crippen molar-refractivity contribution in [1.29, 1.82) is 0 Å². The van der Waals surface area contributed by atoms with Gasteiger partial charge in [0.2, 0.25) is 5.82 Å². The predicted octanol–water partition coefficient (Wildman–Crippen LogP) is 2.63. The topological polar surface area (TPSA) is 124 Å². The Hall–Kier alpha value is -2.84. The summed E-state index contributed by atoms with van der Waals surface area (Å²) in [6, 6.07) is 6.16. The lowest BCUT2D eigenvalue weighted by atomic mass is 9.47. The highest BCUT2D eigenvalue weighted by Crippen LogP contribution is 2.64. The zero-order valence-electron chi connectivity index (χ0n) is 14.6. The monoisotopic (exact) mass is 369 g/mol. The molecule has 2 aromatic rings. The molecule has 1 aromatic heterocycles. The first-order chi connectivity index (χ1) is 12.9. The van der Waals surface area contributed by atoms with Gasteiger partial charge in [-0.25, -0.2) is 0 Å². The Bertz CT molecular complexity index is 941. The van der Waals surface area contributed by atoms with Crippen LogP contribution < -0.4 is 0 Å². The molecule has 0 saturated heterocycles. The van der Waals surface area contributed by atoms with Gasteiger partial charge in [-0.1, -0.05) is 12.1 Å². The average Bonchev–Trinajstić information content (AvgIpc) is 3.12. The number of nitro benzene ring substituents is 1. The lowest BCUT2D eigenvalue weighted by Gasteiger charge is -2.59. The van der Waals surface area contributed by atoms with Crippen molar-refractivity contribution in [2.24, 2.45) is 17.3 Å². The molecule has 27 heavy (non-hydrogen) atoms. The van der Waals surface area contributed by atoms with Crippen molar-refractivity contribution < 1.29 is 14.8 Å². The van der Waals surface area contributed by atoms with Crippen molar-refractivity contribution in [3.05, 3.63) is 34.4 Å². The molecule has 140 valence electrons. The van der Waals surface area contributed by atoms with Crippen LogP contribution in [-0.4, -0.2) is 36.2 Å². The van der Waals surface area contributed by atoms with Gasteiger partial charge < -0.3 is 5.11 Å². The highest BCUT2D eigenvalue weighted by Gasteiger charge is 2.62. The van der Waals surface area contributed by atoms with Crippen LogP contribution >= 0.6 is 0 Å². The zero-order chi connectivity index (χ0) is 18.8. The molecule has 0 amide bonds. The van der Waals surface area contributed by atoms with Crippen LogP contribution in [0.15, 0.2) is 24.3 Å². The summed E-state index contributed by atoms with van der Waals surface area (Å²) >= 11 is 0. The van der Waals surface area contributed by atoms with E-state index >= 15 is 0 Å². The fourth-order valence-electron chi connectivity index (χ4n) is 5.99. The molecule has 9 heteroatoms. The molecule has 0 radical (unpaired) electrons. The number of aliphatic carboxylic acids is 1. The molecule has 6 rings (SSSR count). The summed E-state index contributed by atoms with van der Waals surface area (Å²) in [6.45, 7) is 0. The molecule has 2 atom stereocenters. The normalized spacial score (nSPS) is 33.9. The smallest absolute Gasteiger partial charge is 0.309 e. The van der Waals surface area contributed by atoms with Crippen LogP contribution in [0.1, 0.15) is 38.5 Å². The second kappa shape index (κ2) is 5.34. The molecular formula is C18H19N5O4. The molecule has 4 saturated carbocycles. The lowest BCUT2D eigenvalue weighted by molar-refractivity contribution is -0.384. The summed E-state index contributed by atoms with van der Waals surface area (Å²) in [5.74, 6) is 0.392. The molecule has 1 heterocycles. The van der Waals surface area contributed by atoms with Gasteiger partial charge in [0.05, 0.1) is 15.9 Å². The molecule has 4 fully saturated rings. The van der Waals surface area contributed by atoms with Crippen LogP contribution in [0.5, 0.6) is 0 Å². The minimum absolute atomic E-state index is 0.0246. The third kappa shape index (κ3) is 2.37. The first-order valence-corrected chi connectivity index (χ1v) is 9.18. The summed E-state index contributed by atoms with van der Waals surface area (Å²) in [5, 5.41) is 33.8. The van der Waals surface area contributed by atoms with Gasteiger partial charge in [-0.3, -0.25) is 14.9 Å². The quantitative estimate of drug-likeness (QED) is 0.649. The van der Waals surface area contributed by atoms with E-state index in [-0.39, 0.29) is 5.69 Å². The first-order valence-electron chi connectivity index (χ1n) is 9.18. The van der Waals surface area contributed by atoms with Gasteiger partial charge in [0, 0.05) is 17.7 Å². The van der Waals surface area contributed by atoms with Gasteiger partial charge in [0.15, 0.2) is 0 Å². The maximum absolute atomic E-state index is 12.0. The third-order valence-corrected chi connectivity index (χ3v) is 6.64. The van der Waals surface area contributed by atoms with Gasteiger partial charge in [-0.05, 0) is 55.6 Å². The SMILES string of the molecule is O=C(O)C12C[C@H]3C[C@H](C1)CC(n1nnc(-c4cccc([N+](=O)[O-])c4)n1)(C3)C2. The van der Waals surface area contributed by atoms with Crippen LogP contribution in [0.2, 0.25) is 0 Å². The van der Waals surface area contributed by atoms with Gasteiger partial charge in [0.25, 0.3) is 5.69 Å². The van der Waals surface area contributed by atoms with Crippen molar-refractivity contribution in [2.45, 2.75) is 44.1 Å². The summed E-state index contributed by atoms with van der Waals surface area (Å²) < 4.78 is 0. The second-order valence-electron chi connectivity index (χ2n) is 8.48. The predicted molar refractivity (Wildman–Crippen MR) is 92.6 cm³/mol. The van der Waals surface area contributed by atoms with Crippen LogP contribution in [0, 0.1) is 27.4 Å². The maximum Gasteiger partial charge on any atom is 0.309 e. The summed E-state index contributed by atoms with van der Waals surface area (Å²) in [5.41, 5.74) is -0.575. The number of tetrazole rings is 1. The van der Waals surface area contributed by atoms with Crippen molar-refractivity contribution in [3.63, 3.8) is 0 Å². The molecule has 4 aliphatic carbocycles. The first kappa shape index (κ1) is 16.3. The van der Waals surface area contributed by atoms with E-state index in [1.54, 1.807) is 16.9 Å². The minimum atomic E-state index is -0.708. The molecule has 0 spiro atoms. The maximum atomic E-state index is 12.0. The standard InChI is InChI=1S/C18H19N5O4/c24-16(25)17-6-11-4-12(7-17)9-18(8-11,10-17)23-20-15(19-21-23)13-2-1-3-14(5-13)22(26)27/h1-3,5,11-12H,4,6-10H2,(H,24,25)/t11-,12-,17?,18?/m1/s1. The fraction of sp³-hybridized carbons (Fsp3) is 0.556. The van der Waals surface area contributed by atoms with E-state index in [2.05, 4.69) is 15.4 Å². The number of aromatic nitrogens is 4. The fourth-order valence-corrected chi connectivity index (χ4v) is 5.99. The summed E-state index contributed by atoms with van der Waals surface area (Å²) in [4.78, 5) is 24.2. The van der Waals surface area contributed by atoms with E-state index in [1.807, 2.05) is 0 Å². The van der Waals surface area contributed by atoms with Crippen LogP contribution in [0.25, 0.3) is 11.4 Å². The Morgan fingerprint density at radius 2 is 2.00 bits per heavy atom. The van der Waals surface area contributed by atoms with E-state index in [0.29, 0.717) is 29.6 Å². The Balaban J connectivity index is 1.52. The van der Waals surface area contributed by atoms with E-state index in [0.717, 1.165) is 32.1 Å². The molecule has 0 unspecified atom stereocenters. The molecule has 4 bridgehead atoms. The lowest BCUT2D eigenvalue weighted by Crippen LogP contribution is -2.59. The van der Waals surface area contributed by atoms with Crippen molar-refractivity contribution in [3.8, 4) is 11.4 Å². The summed E-state index contributed by atoms with van der Waals surface area (Å²) in [6.07, 6.45) is 4.86. The number of nitro groups is 1. The van der Waals surface area contributed by atoms with Crippen molar-refractivity contribution >= 4 is 11.7 Å². The number of carboxylic acids is 1. The minimum Gasteiger partial charge on any atom is -0.481 e. The van der Waals surface area contributed by atoms with Crippen molar-refractivity contribution in [2.75, 3.05) is 0 Å². The summed E-state index contributed by atoms with van der Waals surface area (Å²) in [7, 11) is 0. The highest BCUT2D eigenvalue weighted by molar-refractivity contribution is 5.75. The Labute approximate surface area is 154 Å². The van der Waals surface area contributed by atoms with Gasteiger partial charge in [0.1, 0.15) is 0 Å². The van der Waals surface area contributed by atoms with E-state index in [1.165, 1.54) is 12.1 Å². The number of benzene rings is 1. The molecule has 0 aliphatic heterocycles. The molecule has 1 aromatic carbocycles. The second-order valence-corrected chi connectivity index (χ2v) is 8.48. The molecular weight excluding hydrogens is 350 g/mol. The highest BCUT2D eigenvalue weighted by atomic mass is 16.6. The van der Waals surface area contributed by atoms with Crippen LogP contribution in [-0.2, 0) is 10.3 Å². The van der Waals surface area contributed by atoms with E-state index in [4.69, 9.17) is 0 Å². The number of rotatable bonds is 4. The number of hydrogen-bond acceptors (Lipinski definition) is 6. The van der Waals surface area contributed by atoms with Gasteiger partial charge in [-0.2, -0.15) is 4.80 Å². The van der Waals surface area contributed by atoms with Crippen molar-refractivity contribution in [1.82, 2.24) is 20.2 Å². The molecule has 1 N–H and O–H groups in total. The number of non-ortho nitro benzene ring substituents is 1. The van der Waals surface area contributed by atoms with Crippen LogP contribution in [0.4, 0.5) is 5.69 Å². The number of carbonyl (C=O) groups is 1. The van der Waals surface area contributed by atoms with E-state index in [9.17, 15) is 20.0 Å². The zero-order valence-corrected chi connectivity index (χ0v) is 14.6. The Morgan fingerprint density at radius 1 is 1.26 bits per heavy atom. The Kier molecular flexibility index (Phi) is 3.23. The van der Waals surface area contributed by atoms with E-state index < -0.39 is 21.8 Å². The number of carboxylic acid groups (broad SMARTS) is 1. The molecule has 4 aliphatic rings. The van der Waals surface area contributed by atoms with Gasteiger partial charge in [-0.15, -0.1) is 10.2 Å². The van der Waals surface area contributed by atoms with Gasteiger partial charge >= 0.3 is 5.97 Å². The van der Waals surface area contributed by atoms with Crippen LogP contribution in [0.3, 0.4) is 0 Å². The largest absolute Gasteiger partial charge is 0.481 e. The Morgan fingerprint density at radius 3 is 2.67 bits per heavy atom. The number of nitrogens with zero attached hydrogens (tertiary/aromatic N) is 5. The third-order valence-electron chi connectivity index (χ3n) is 6.64. The average molecular weight is 369 g/mol. The number of hydrogen-bond donors (Lipinski definition) is 1. The molecule has 9 nitrogen and oxygen atoms in total.